The minimum atomic E-state index is 0. The number of pyridine rings is 1. The maximum Gasteiger partial charge on any atom is 0.191 e. The Morgan fingerprint density at radius 1 is 1.22 bits per heavy atom. The fourth-order valence-electron chi connectivity index (χ4n) is 3.52. The van der Waals surface area contributed by atoms with E-state index in [1.54, 1.807) is 6.26 Å². The Morgan fingerprint density at radius 3 is 2.69 bits per heavy atom. The molecule has 0 aliphatic carbocycles. The summed E-state index contributed by atoms with van der Waals surface area (Å²) in [4.78, 5) is 11.6. The van der Waals surface area contributed by atoms with Gasteiger partial charge in [0.2, 0.25) is 0 Å². The largest absolute Gasteiger partial charge is 0.467 e. The van der Waals surface area contributed by atoms with Gasteiger partial charge in [0.05, 0.1) is 25.0 Å². The molecule has 2 aromatic heterocycles. The monoisotopic (exact) mass is 557 g/mol. The van der Waals surface area contributed by atoms with Crippen LogP contribution in [-0.2, 0) is 22.6 Å². The molecule has 2 atom stereocenters. The van der Waals surface area contributed by atoms with E-state index in [0.717, 1.165) is 55.7 Å². The normalized spacial score (nSPS) is 18.8. The molecule has 1 aliphatic heterocycles. The van der Waals surface area contributed by atoms with E-state index in [4.69, 9.17) is 13.9 Å². The second kappa shape index (κ2) is 14.3. The standard InChI is InChI=1S/C23H35N5O3.HI/c1-4-24-23(25-10-6-11-29-17-21-7-5-12-30-21)27-14-20-8-9-22(26-13-20)28-15-18(2)31-19(3)16-28;/h5,7-9,12-13,18-19H,4,6,10-11,14-17H2,1-3H3,(H2,24,25,27);1H. The Hall–Kier alpha value is -1.85. The Labute approximate surface area is 208 Å². The number of nitrogens with zero attached hydrogens (tertiary/aromatic N) is 3. The summed E-state index contributed by atoms with van der Waals surface area (Å²) in [6, 6.07) is 7.96. The fourth-order valence-corrected chi connectivity index (χ4v) is 3.52. The van der Waals surface area contributed by atoms with Crippen LogP contribution in [0.1, 0.15) is 38.5 Å². The molecular formula is C23H36IN5O3. The highest BCUT2D eigenvalue weighted by atomic mass is 127. The van der Waals surface area contributed by atoms with Gasteiger partial charge in [0, 0.05) is 39.0 Å². The Morgan fingerprint density at radius 2 is 2.03 bits per heavy atom. The van der Waals surface area contributed by atoms with Gasteiger partial charge in [-0.3, -0.25) is 0 Å². The molecule has 0 spiro atoms. The summed E-state index contributed by atoms with van der Waals surface area (Å²) in [5.74, 6) is 2.64. The van der Waals surface area contributed by atoms with Crippen LogP contribution in [-0.4, -0.2) is 55.9 Å². The molecule has 8 nitrogen and oxygen atoms in total. The number of ether oxygens (including phenoxy) is 2. The number of anilines is 1. The Balaban J connectivity index is 0.00000363. The van der Waals surface area contributed by atoms with E-state index in [1.807, 2.05) is 18.3 Å². The lowest BCUT2D eigenvalue weighted by Gasteiger charge is -2.36. The van der Waals surface area contributed by atoms with Gasteiger partial charge in [0.1, 0.15) is 18.2 Å². The lowest BCUT2D eigenvalue weighted by molar-refractivity contribution is -0.00545. The average Bonchev–Trinajstić information content (AvgIpc) is 3.27. The smallest absolute Gasteiger partial charge is 0.191 e. The van der Waals surface area contributed by atoms with E-state index < -0.39 is 0 Å². The summed E-state index contributed by atoms with van der Waals surface area (Å²) in [5.41, 5.74) is 1.08. The van der Waals surface area contributed by atoms with Crippen molar-refractivity contribution in [3.8, 4) is 0 Å². The highest BCUT2D eigenvalue weighted by molar-refractivity contribution is 14.0. The molecule has 0 bridgehead atoms. The van der Waals surface area contributed by atoms with Crippen LogP contribution in [0.2, 0.25) is 0 Å². The van der Waals surface area contributed by atoms with Crippen LogP contribution >= 0.6 is 24.0 Å². The van der Waals surface area contributed by atoms with Crippen LogP contribution in [0.5, 0.6) is 0 Å². The minimum absolute atomic E-state index is 0. The van der Waals surface area contributed by atoms with Gasteiger partial charge in [0.25, 0.3) is 0 Å². The van der Waals surface area contributed by atoms with Crippen molar-refractivity contribution in [2.45, 2.75) is 52.6 Å². The SMILES string of the molecule is CCNC(=NCc1ccc(N2CC(C)OC(C)C2)nc1)NCCCOCc1ccco1.I. The topological polar surface area (TPSA) is 84.2 Å². The third-order valence-corrected chi connectivity index (χ3v) is 4.90. The first kappa shape index (κ1) is 26.4. The first-order valence-corrected chi connectivity index (χ1v) is 11.1. The zero-order chi connectivity index (χ0) is 21.9. The van der Waals surface area contributed by atoms with Crippen molar-refractivity contribution in [1.82, 2.24) is 15.6 Å². The number of aliphatic imine (C=N–C) groups is 1. The second-order valence-corrected chi connectivity index (χ2v) is 7.79. The molecule has 9 heteroatoms. The first-order chi connectivity index (χ1) is 15.1. The molecule has 178 valence electrons. The minimum Gasteiger partial charge on any atom is -0.467 e. The van der Waals surface area contributed by atoms with Crippen LogP contribution in [0.25, 0.3) is 0 Å². The van der Waals surface area contributed by atoms with Crippen molar-refractivity contribution < 1.29 is 13.9 Å². The number of aromatic nitrogens is 1. The lowest BCUT2D eigenvalue weighted by atomic mass is 10.2. The van der Waals surface area contributed by atoms with Gasteiger partial charge in [-0.2, -0.15) is 0 Å². The van der Waals surface area contributed by atoms with Crippen molar-refractivity contribution in [2.75, 3.05) is 37.7 Å². The number of morpholine rings is 1. The highest BCUT2D eigenvalue weighted by Gasteiger charge is 2.22. The predicted molar refractivity (Wildman–Crippen MR) is 138 cm³/mol. The fraction of sp³-hybridized carbons (Fsp3) is 0.565. The first-order valence-electron chi connectivity index (χ1n) is 11.1. The van der Waals surface area contributed by atoms with Crippen LogP contribution in [0.15, 0.2) is 46.1 Å². The molecule has 2 unspecified atom stereocenters. The number of guanidine groups is 1. The van der Waals surface area contributed by atoms with Crippen LogP contribution in [0.4, 0.5) is 5.82 Å². The maximum atomic E-state index is 5.81. The van der Waals surface area contributed by atoms with Crippen molar-refractivity contribution >= 4 is 35.8 Å². The zero-order valence-corrected chi connectivity index (χ0v) is 21.6. The molecule has 3 heterocycles. The van der Waals surface area contributed by atoms with Gasteiger partial charge < -0.3 is 29.4 Å². The molecule has 0 amide bonds. The van der Waals surface area contributed by atoms with E-state index in [-0.39, 0.29) is 36.2 Å². The van der Waals surface area contributed by atoms with E-state index in [1.165, 1.54) is 0 Å². The quantitative estimate of drug-likeness (QED) is 0.200. The molecule has 1 fully saturated rings. The summed E-state index contributed by atoms with van der Waals surface area (Å²) in [6.07, 6.45) is 4.90. The third-order valence-electron chi connectivity index (χ3n) is 4.90. The molecule has 3 rings (SSSR count). The van der Waals surface area contributed by atoms with Gasteiger partial charge in [0.15, 0.2) is 5.96 Å². The van der Waals surface area contributed by atoms with Crippen molar-refractivity contribution in [1.29, 1.82) is 0 Å². The summed E-state index contributed by atoms with van der Waals surface area (Å²) in [5, 5.41) is 6.63. The van der Waals surface area contributed by atoms with Gasteiger partial charge in [-0.15, -0.1) is 24.0 Å². The van der Waals surface area contributed by atoms with E-state index in [0.29, 0.717) is 19.8 Å². The number of furan rings is 1. The predicted octanol–water partition coefficient (Wildman–Crippen LogP) is 3.57. The van der Waals surface area contributed by atoms with E-state index >= 15 is 0 Å². The number of nitrogens with one attached hydrogen (secondary N) is 2. The number of halogens is 1. The Kier molecular flexibility index (Phi) is 11.8. The molecule has 32 heavy (non-hydrogen) atoms. The number of hydrogen-bond acceptors (Lipinski definition) is 6. The zero-order valence-electron chi connectivity index (χ0n) is 19.3. The highest BCUT2D eigenvalue weighted by Crippen LogP contribution is 2.18. The third kappa shape index (κ3) is 8.95. The molecule has 1 saturated heterocycles. The van der Waals surface area contributed by atoms with Crippen molar-refractivity contribution in [3.63, 3.8) is 0 Å². The van der Waals surface area contributed by atoms with Crippen LogP contribution in [0.3, 0.4) is 0 Å². The molecule has 2 N–H and O–H groups in total. The number of hydrogen-bond donors (Lipinski definition) is 2. The summed E-state index contributed by atoms with van der Waals surface area (Å²) in [7, 11) is 0. The summed E-state index contributed by atoms with van der Waals surface area (Å²) >= 11 is 0. The lowest BCUT2D eigenvalue weighted by Crippen LogP contribution is -2.45. The molecule has 0 aromatic carbocycles. The summed E-state index contributed by atoms with van der Waals surface area (Å²) in [6.45, 7) is 11.4. The molecule has 0 saturated carbocycles. The summed E-state index contributed by atoms with van der Waals surface area (Å²) < 4.78 is 16.7. The van der Waals surface area contributed by atoms with E-state index in [2.05, 4.69) is 58.4 Å². The average molecular weight is 557 g/mol. The van der Waals surface area contributed by atoms with Gasteiger partial charge >= 0.3 is 0 Å². The van der Waals surface area contributed by atoms with Crippen molar-refractivity contribution in [2.24, 2.45) is 4.99 Å². The molecular weight excluding hydrogens is 521 g/mol. The second-order valence-electron chi connectivity index (χ2n) is 7.79. The number of rotatable bonds is 10. The maximum absolute atomic E-state index is 5.81. The van der Waals surface area contributed by atoms with Gasteiger partial charge in [-0.25, -0.2) is 9.98 Å². The Bertz CT molecular complexity index is 775. The van der Waals surface area contributed by atoms with Gasteiger partial charge in [-0.1, -0.05) is 6.07 Å². The molecule has 0 radical (unpaired) electrons. The van der Waals surface area contributed by atoms with Crippen LogP contribution < -0.4 is 15.5 Å². The van der Waals surface area contributed by atoms with E-state index in [9.17, 15) is 0 Å². The van der Waals surface area contributed by atoms with Crippen molar-refractivity contribution in [3.05, 3.63) is 48.0 Å². The van der Waals surface area contributed by atoms with Gasteiger partial charge in [-0.05, 0) is 51.0 Å². The molecule has 2 aromatic rings. The van der Waals surface area contributed by atoms with Crippen LogP contribution in [0, 0.1) is 0 Å². The molecule has 1 aliphatic rings.